The zero-order chi connectivity index (χ0) is 19.4. The molecule has 0 heterocycles. The third-order valence-electron chi connectivity index (χ3n) is 6.18. The van der Waals surface area contributed by atoms with E-state index in [1.165, 1.54) is 44.5 Å². The van der Waals surface area contributed by atoms with Gasteiger partial charge in [0.05, 0.1) is 20.1 Å². The highest BCUT2D eigenvalue weighted by molar-refractivity contribution is 6.42. The van der Waals surface area contributed by atoms with Gasteiger partial charge in [0.15, 0.2) is 0 Å². The molecule has 0 saturated carbocycles. The Balaban J connectivity index is 1.47. The molecule has 0 spiro atoms. The molecule has 0 nitrogen and oxygen atoms in total. The van der Waals surface area contributed by atoms with Crippen molar-refractivity contribution < 1.29 is 0 Å². The molecular weight excluding hydrogens is 430 g/mol. The minimum absolute atomic E-state index is 0.642. The van der Waals surface area contributed by atoms with E-state index >= 15 is 0 Å². The van der Waals surface area contributed by atoms with Gasteiger partial charge in [-0.05, 0) is 96.2 Å². The number of rotatable bonds is 0. The van der Waals surface area contributed by atoms with Crippen LogP contribution in [-0.2, 0) is 25.7 Å². The third kappa shape index (κ3) is 3.35. The fourth-order valence-electron chi connectivity index (χ4n) is 4.62. The maximum absolute atomic E-state index is 6.25. The van der Waals surface area contributed by atoms with E-state index in [2.05, 4.69) is 12.2 Å². The van der Waals surface area contributed by atoms with Gasteiger partial charge >= 0.3 is 0 Å². The van der Waals surface area contributed by atoms with E-state index in [9.17, 15) is 0 Å². The van der Waals surface area contributed by atoms with Crippen molar-refractivity contribution in [3.63, 3.8) is 0 Å². The average molecular weight is 448 g/mol. The van der Waals surface area contributed by atoms with Gasteiger partial charge < -0.3 is 0 Å². The second-order valence-electron chi connectivity index (χ2n) is 7.87. The normalized spacial score (nSPS) is 19.3. The van der Waals surface area contributed by atoms with E-state index in [4.69, 9.17) is 46.4 Å². The fourth-order valence-corrected chi connectivity index (χ4v) is 5.36. The zero-order valence-corrected chi connectivity index (χ0v) is 18.2. The summed E-state index contributed by atoms with van der Waals surface area (Å²) >= 11 is 25.0. The van der Waals surface area contributed by atoms with Gasteiger partial charge in [0.25, 0.3) is 0 Å². The molecule has 0 N–H and O–H groups in total. The number of hydrogen-bond acceptors (Lipinski definition) is 0. The van der Waals surface area contributed by atoms with Crippen molar-refractivity contribution in [3.8, 4) is 0 Å². The molecule has 0 bridgehead atoms. The van der Waals surface area contributed by atoms with Gasteiger partial charge in [-0.1, -0.05) is 69.7 Å². The molecule has 5 rings (SSSR count). The number of halogens is 4. The van der Waals surface area contributed by atoms with Crippen LogP contribution in [0.3, 0.4) is 0 Å². The molecule has 0 saturated heterocycles. The van der Waals surface area contributed by atoms with Gasteiger partial charge in [-0.2, -0.15) is 0 Å². The first-order chi connectivity index (χ1) is 13.5. The standard InChI is InChI=1S/C24H18Cl4/c25-21-9-17-5-13-1-2-14-6-18-10-22(26)24(28)12-20(18)8-16(14)4-3-15(13)7-19(17)11-23(21)27/h1-2,9-12H,3-8H2/b2-1-. The van der Waals surface area contributed by atoms with Gasteiger partial charge in [-0.3, -0.25) is 0 Å². The molecule has 0 aliphatic heterocycles. The SMILES string of the molecule is Clc1cc2c(cc1Cl)CC1=C(/C=C\C3=C(CC1)Cc1cc(Cl)c(Cl)cc1C3)C2. The van der Waals surface area contributed by atoms with Gasteiger partial charge in [-0.15, -0.1) is 0 Å². The van der Waals surface area contributed by atoms with Gasteiger partial charge in [0.2, 0.25) is 0 Å². The molecule has 0 unspecified atom stereocenters. The predicted octanol–water partition coefficient (Wildman–Crippen LogP) is 8.14. The van der Waals surface area contributed by atoms with Crippen LogP contribution in [0.1, 0.15) is 35.1 Å². The van der Waals surface area contributed by atoms with Gasteiger partial charge in [-0.25, -0.2) is 0 Å². The molecule has 0 atom stereocenters. The lowest BCUT2D eigenvalue weighted by molar-refractivity contribution is 0.795. The van der Waals surface area contributed by atoms with Gasteiger partial charge in [0, 0.05) is 0 Å². The maximum Gasteiger partial charge on any atom is 0.0595 e. The highest BCUT2D eigenvalue weighted by Crippen LogP contribution is 2.39. The summed E-state index contributed by atoms with van der Waals surface area (Å²) in [6.07, 6.45) is 10.6. The minimum atomic E-state index is 0.642. The van der Waals surface area contributed by atoms with Crippen LogP contribution in [0.15, 0.2) is 58.7 Å². The summed E-state index contributed by atoms with van der Waals surface area (Å²) in [5.41, 5.74) is 11.1. The Bertz CT molecular complexity index is 1010. The quantitative estimate of drug-likeness (QED) is 0.382. The molecule has 28 heavy (non-hydrogen) atoms. The Labute approximate surface area is 185 Å². The van der Waals surface area contributed by atoms with E-state index in [0.29, 0.717) is 20.1 Å². The number of hydrogen-bond donors (Lipinski definition) is 0. The molecule has 2 aromatic rings. The molecule has 0 fully saturated rings. The molecule has 0 amide bonds. The summed E-state index contributed by atoms with van der Waals surface area (Å²) in [4.78, 5) is 0. The summed E-state index contributed by atoms with van der Waals surface area (Å²) in [5.74, 6) is 0. The van der Waals surface area contributed by atoms with Crippen LogP contribution < -0.4 is 0 Å². The summed E-state index contributed by atoms with van der Waals surface area (Å²) in [7, 11) is 0. The monoisotopic (exact) mass is 446 g/mol. The number of fused-ring (bicyclic) bond motifs is 2. The highest BCUT2D eigenvalue weighted by atomic mass is 35.5. The summed E-state index contributed by atoms with van der Waals surface area (Å²) in [6, 6.07) is 8.14. The minimum Gasteiger partial charge on any atom is -0.0827 e. The zero-order valence-electron chi connectivity index (χ0n) is 15.2. The Hall–Kier alpha value is -1.18. The lowest BCUT2D eigenvalue weighted by atomic mass is 9.78. The molecule has 0 radical (unpaired) electrons. The molecule has 2 aromatic carbocycles. The fraction of sp³-hybridized carbons (Fsp3) is 0.250. The molecule has 0 aromatic heterocycles. The van der Waals surface area contributed by atoms with Crippen molar-refractivity contribution in [2.45, 2.75) is 38.5 Å². The molecule has 3 aliphatic carbocycles. The Morgan fingerprint density at radius 2 is 0.786 bits per heavy atom. The van der Waals surface area contributed by atoms with Crippen LogP contribution in [0.2, 0.25) is 20.1 Å². The first kappa shape index (κ1) is 18.8. The van der Waals surface area contributed by atoms with Crippen molar-refractivity contribution in [3.05, 3.63) is 101 Å². The molecular formula is C24H18Cl4. The van der Waals surface area contributed by atoms with Crippen molar-refractivity contribution in [2.24, 2.45) is 0 Å². The molecule has 4 heteroatoms. The van der Waals surface area contributed by atoms with Crippen molar-refractivity contribution in [1.29, 1.82) is 0 Å². The third-order valence-corrected chi connectivity index (χ3v) is 7.62. The first-order valence-corrected chi connectivity index (χ1v) is 11.0. The first-order valence-electron chi connectivity index (χ1n) is 9.51. The summed E-state index contributed by atoms with van der Waals surface area (Å²) in [6.45, 7) is 0. The summed E-state index contributed by atoms with van der Waals surface area (Å²) in [5, 5.41) is 2.58. The maximum atomic E-state index is 6.25. The van der Waals surface area contributed by atoms with Crippen LogP contribution in [0.5, 0.6) is 0 Å². The Kier molecular flexibility index (Phi) is 4.88. The Morgan fingerprint density at radius 3 is 1.14 bits per heavy atom. The lowest BCUT2D eigenvalue weighted by Gasteiger charge is -2.27. The van der Waals surface area contributed by atoms with Crippen LogP contribution in [-0.4, -0.2) is 0 Å². The second-order valence-corrected chi connectivity index (χ2v) is 9.50. The van der Waals surface area contributed by atoms with E-state index in [1.54, 1.807) is 0 Å². The van der Waals surface area contributed by atoms with Crippen molar-refractivity contribution in [1.82, 2.24) is 0 Å². The van der Waals surface area contributed by atoms with E-state index < -0.39 is 0 Å². The van der Waals surface area contributed by atoms with E-state index in [0.717, 1.165) is 38.5 Å². The molecule has 3 aliphatic rings. The lowest BCUT2D eigenvalue weighted by Crippen LogP contribution is -2.13. The predicted molar refractivity (Wildman–Crippen MR) is 120 cm³/mol. The largest absolute Gasteiger partial charge is 0.0827 e. The highest BCUT2D eigenvalue weighted by Gasteiger charge is 2.23. The summed E-state index contributed by atoms with van der Waals surface area (Å²) < 4.78 is 0. The topological polar surface area (TPSA) is 0 Å². The number of benzene rings is 2. The Morgan fingerprint density at radius 1 is 0.464 bits per heavy atom. The van der Waals surface area contributed by atoms with Crippen LogP contribution >= 0.6 is 46.4 Å². The van der Waals surface area contributed by atoms with Crippen LogP contribution in [0.25, 0.3) is 0 Å². The second kappa shape index (κ2) is 7.26. The van der Waals surface area contributed by atoms with Gasteiger partial charge in [0.1, 0.15) is 0 Å². The van der Waals surface area contributed by atoms with E-state index in [1.807, 2.05) is 24.3 Å². The van der Waals surface area contributed by atoms with Crippen LogP contribution in [0, 0.1) is 0 Å². The number of allylic oxidation sites excluding steroid dienone is 6. The van der Waals surface area contributed by atoms with Crippen molar-refractivity contribution >= 4 is 46.4 Å². The smallest absolute Gasteiger partial charge is 0.0595 e. The average Bonchev–Trinajstić information content (AvgIpc) is 2.65. The van der Waals surface area contributed by atoms with Crippen molar-refractivity contribution in [2.75, 3.05) is 0 Å². The van der Waals surface area contributed by atoms with E-state index in [-0.39, 0.29) is 0 Å². The molecule has 142 valence electrons. The van der Waals surface area contributed by atoms with Crippen LogP contribution in [0.4, 0.5) is 0 Å².